The van der Waals surface area contributed by atoms with Gasteiger partial charge in [-0.15, -0.1) is 0 Å². The van der Waals surface area contributed by atoms with Crippen molar-refractivity contribution in [1.82, 2.24) is 0 Å². The normalized spacial score (nSPS) is 10.2. The molecule has 0 amide bonds. The molecule has 0 aliphatic rings. The first-order valence-electron chi connectivity index (χ1n) is 5.61. The van der Waals surface area contributed by atoms with Gasteiger partial charge in [0, 0.05) is 3.57 Å². The van der Waals surface area contributed by atoms with E-state index in [-0.39, 0.29) is 5.97 Å². The smallest absolute Gasteiger partial charge is 0.344 e. The molecule has 3 heteroatoms. The fourth-order valence-corrected chi connectivity index (χ4v) is 2.45. The van der Waals surface area contributed by atoms with Gasteiger partial charge in [0.1, 0.15) is 5.75 Å². The number of hydrogen-bond donors (Lipinski definition) is 0. The van der Waals surface area contributed by atoms with Crippen molar-refractivity contribution < 1.29 is 9.53 Å². The van der Waals surface area contributed by atoms with E-state index >= 15 is 0 Å². The van der Waals surface area contributed by atoms with Crippen LogP contribution in [0.2, 0.25) is 0 Å². The van der Waals surface area contributed by atoms with Crippen LogP contribution in [0.5, 0.6) is 5.75 Å². The van der Waals surface area contributed by atoms with Crippen LogP contribution in [0, 0.1) is 17.4 Å². The molecule has 0 atom stereocenters. The Bertz CT molecular complexity index is 574. The molecule has 0 radical (unpaired) electrons. The molecule has 0 spiro atoms. The lowest BCUT2D eigenvalue weighted by Crippen LogP contribution is -2.10. The highest BCUT2D eigenvalue weighted by Crippen LogP contribution is 2.18. The van der Waals surface area contributed by atoms with E-state index in [0.717, 1.165) is 14.7 Å². The van der Waals surface area contributed by atoms with E-state index in [1.807, 2.05) is 38.1 Å². The Morgan fingerprint density at radius 3 is 2.22 bits per heavy atom. The quantitative estimate of drug-likeness (QED) is 0.462. The number of carbonyl (C=O) groups is 1. The van der Waals surface area contributed by atoms with Crippen LogP contribution >= 0.6 is 22.6 Å². The average Bonchev–Trinajstić information content (AvgIpc) is 2.32. The van der Waals surface area contributed by atoms with Crippen LogP contribution in [0.15, 0.2) is 42.5 Å². The predicted octanol–water partition coefficient (Wildman–Crippen LogP) is 4.13. The minimum Gasteiger partial charge on any atom is -0.423 e. The highest BCUT2D eigenvalue weighted by Gasteiger charge is 2.12. The number of carbonyl (C=O) groups excluding carboxylic acids is 1. The topological polar surface area (TPSA) is 26.3 Å². The predicted molar refractivity (Wildman–Crippen MR) is 80.0 cm³/mol. The molecule has 0 heterocycles. The summed E-state index contributed by atoms with van der Waals surface area (Å²) in [5, 5.41) is 0. The van der Waals surface area contributed by atoms with Crippen molar-refractivity contribution in [2.45, 2.75) is 13.8 Å². The van der Waals surface area contributed by atoms with Crippen molar-refractivity contribution >= 4 is 28.6 Å². The molecule has 2 rings (SSSR count). The molecule has 0 saturated heterocycles. The van der Waals surface area contributed by atoms with Gasteiger partial charge in [0.25, 0.3) is 0 Å². The third kappa shape index (κ3) is 3.10. The number of esters is 1. The van der Waals surface area contributed by atoms with Crippen LogP contribution in [-0.4, -0.2) is 5.97 Å². The van der Waals surface area contributed by atoms with Gasteiger partial charge in [-0.25, -0.2) is 4.79 Å². The van der Waals surface area contributed by atoms with Crippen molar-refractivity contribution in [3.63, 3.8) is 0 Å². The first-order valence-corrected chi connectivity index (χ1v) is 6.69. The highest BCUT2D eigenvalue weighted by atomic mass is 127. The zero-order valence-electron chi connectivity index (χ0n) is 10.2. The molecular formula is C15H13IO2. The molecule has 2 aromatic carbocycles. The lowest BCUT2D eigenvalue weighted by molar-refractivity contribution is 0.0733. The molecule has 0 N–H and O–H groups in total. The standard InChI is InChI=1S/C15H13IO2/c1-10-3-6-12(7-4-10)18-15(17)13-8-5-11(2)9-14(13)16/h3-9H,1-2H3. The summed E-state index contributed by atoms with van der Waals surface area (Å²) in [6.07, 6.45) is 0. The molecule has 0 saturated carbocycles. The first-order chi connectivity index (χ1) is 8.56. The highest BCUT2D eigenvalue weighted by molar-refractivity contribution is 14.1. The van der Waals surface area contributed by atoms with Gasteiger partial charge >= 0.3 is 5.97 Å². The molecule has 0 fully saturated rings. The summed E-state index contributed by atoms with van der Waals surface area (Å²) in [5.41, 5.74) is 2.87. The Labute approximate surface area is 120 Å². The summed E-state index contributed by atoms with van der Waals surface area (Å²) in [7, 11) is 0. The van der Waals surface area contributed by atoms with Gasteiger partial charge in [-0.05, 0) is 60.7 Å². The molecule has 0 aromatic heterocycles. The van der Waals surface area contributed by atoms with Crippen LogP contribution in [-0.2, 0) is 0 Å². The van der Waals surface area contributed by atoms with E-state index in [9.17, 15) is 4.79 Å². The summed E-state index contributed by atoms with van der Waals surface area (Å²) in [6.45, 7) is 3.99. The largest absolute Gasteiger partial charge is 0.423 e. The third-order valence-electron chi connectivity index (χ3n) is 2.58. The summed E-state index contributed by atoms with van der Waals surface area (Å²) in [4.78, 5) is 12.0. The van der Waals surface area contributed by atoms with E-state index in [4.69, 9.17) is 4.74 Å². The molecule has 0 aliphatic heterocycles. The van der Waals surface area contributed by atoms with E-state index in [0.29, 0.717) is 11.3 Å². The second-order valence-corrected chi connectivity index (χ2v) is 5.35. The molecule has 0 unspecified atom stereocenters. The molecule has 0 bridgehead atoms. The lowest BCUT2D eigenvalue weighted by atomic mass is 10.1. The van der Waals surface area contributed by atoms with E-state index in [1.54, 1.807) is 18.2 Å². The van der Waals surface area contributed by atoms with E-state index in [1.165, 1.54) is 0 Å². The second kappa shape index (κ2) is 5.52. The van der Waals surface area contributed by atoms with Gasteiger partial charge in [0.2, 0.25) is 0 Å². The molecule has 18 heavy (non-hydrogen) atoms. The van der Waals surface area contributed by atoms with Crippen molar-refractivity contribution in [2.24, 2.45) is 0 Å². The van der Waals surface area contributed by atoms with E-state index < -0.39 is 0 Å². The number of halogens is 1. The van der Waals surface area contributed by atoms with Crippen LogP contribution in [0.1, 0.15) is 21.5 Å². The molecular weight excluding hydrogens is 339 g/mol. The Morgan fingerprint density at radius 1 is 1.00 bits per heavy atom. The third-order valence-corrected chi connectivity index (χ3v) is 3.47. The minimum absolute atomic E-state index is 0.316. The fraction of sp³-hybridized carbons (Fsp3) is 0.133. The van der Waals surface area contributed by atoms with Gasteiger partial charge in [-0.1, -0.05) is 29.3 Å². The Balaban J connectivity index is 2.19. The lowest BCUT2D eigenvalue weighted by Gasteiger charge is -2.06. The zero-order chi connectivity index (χ0) is 13.1. The molecule has 2 aromatic rings. The number of rotatable bonds is 2. The summed E-state index contributed by atoms with van der Waals surface area (Å²) >= 11 is 2.15. The number of benzene rings is 2. The Hall–Kier alpha value is -1.36. The van der Waals surface area contributed by atoms with Gasteiger partial charge in [-0.2, -0.15) is 0 Å². The van der Waals surface area contributed by atoms with Crippen LogP contribution in [0.3, 0.4) is 0 Å². The second-order valence-electron chi connectivity index (χ2n) is 4.19. The SMILES string of the molecule is Cc1ccc(OC(=O)c2ccc(C)cc2I)cc1. The maximum atomic E-state index is 12.0. The van der Waals surface area contributed by atoms with Gasteiger partial charge in [0.05, 0.1) is 5.56 Å². The summed E-state index contributed by atoms with van der Waals surface area (Å²) in [6, 6.07) is 13.1. The first kappa shape index (κ1) is 13.1. The van der Waals surface area contributed by atoms with E-state index in [2.05, 4.69) is 22.6 Å². The van der Waals surface area contributed by atoms with Crippen LogP contribution in [0.25, 0.3) is 0 Å². The maximum Gasteiger partial charge on any atom is 0.344 e. The Morgan fingerprint density at radius 2 is 1.61 bits per heavy atom. The van der Waals surface area contributed by atoms with Crippen molar-refractivity contribution in [1.29, 1.82) is 0 Å². The minimum atomic E-state index is -0.316. The zero-order valence-corrected chi connectivity index (χ0v) is 12.4. The monoisotopic (exact) mass is 352 g/mol. The Kier molecular flexibility index (Phi) is 4.01. The van der Waals surface area contributed by atoms with Crippen molar-refractivity contribution in [2.75, 3.05) is 0 Å². The number of aryl methyl sites for hydroxylation is 2. The maximum absolute atomic E-state index is 12.0. The van der Waals surface area contributed by atoms with Gasteiger partial charge in [-0.3, -0.25) is 0 Å². The van der Waals surface area contributed by atoms with Crippen LogP contribution in [0.4, 0.5) is 0 Å². The number of hydrogen-bond acceptors (Lipinski definition) is 2. The average molecular weight is 352 g/mol. The molecule has 2 nitrogen and oxygen atoms in total. The number of ether oxygens (including phenoxy) is 1. The molecule has 92 valence electrons. The van der Waals surface area contributed by atoms with Crippen molar-refractivity contribution in [3.8, 4) is 5.75 Å². The van der Waals surface area contributed by atoms with Gasteiger partial charge < -0.3 is 4.74 Å². The van der Waals surface area contributed by atoms with Gasteiger partial charge in [0.15, 0.2) is 0 Å². The van der Waals surface area contributed by atoms with Crippen LogP contribution < -0.4 is 4.74 Å². The van der Waals surface area contributed by atoms with Crippen molar-refractivity contribution in [3.05, 3.63) is 62.7 Å². The summed E-state index contributed by atoms with van der Waals surface area (Å²) in [5.74, 6) is 0.255. The summed E-state index contributed by atoms with van der Waals surface area (Å²) < 4.78 is 6.24. The molecule has 0 aliphatic carbocycles. The fourth-order valence-electron chi connectivity index (χ4n) is 1.55.